The van der Waals surface area contributed by atoms with Gasteiger partial charge in [-0.2, -0.15) is 8.42 Å². The highest BCUT2D eigenvalue weighted by molar-refractivity contribution is 7.90. The Morgan fingerprint density at radius 2 is 2.00 bits per heavy atom. The van der Waals surface area contributed by atoms with Gasteiger partial charge in [0.2, 0.25) is 0 Å². The lowest BCUT2D eigenvalue weighted by atomic mass is 9.68. The molecule has 0 radical (unpaired) electrons. The van der Waals surface area contributed by atoms with E-state index in [-0.39, 0.29) is 17.9 Å². The highest BCUT2D eigenvalue weighted by Gasteiger charge is 2.52. The fourth-order valence-corrected chi connectivity index (χ4v) is 2.85. The average Bonchev–Trinajstić information content (AvgIpc) is 2.27. The van der Waals surface area contributed by atoms with Crippen LogP contribution in [-0.2, 0) is 19.6 Å². The second-order valence-corrected chi connectivity index (χ2v) is 5.97. The predicted molar refractivity (Wildman–Crippen MR) is 63.5 cm³/mol. The second kappa shape index (κ2) is 4.61. The molecule has 1 aliphatic carbocycles. The summed E-state index contributed by atoms with van der Waals surface area (Å²) in [6, 6.07) is 4.22. The number of aliphatic carboxylic acids is 1. The Bertz CT molecular complexity index is 607. The third-order valence-corrected chi connectivity index (χ3v) is 4.44. The van der Waals surface area contributed by atoms with E-state index in [9.17, 15) is 18.0 Å². The maximum absolute atomic E-state index is 11.9. The number of hydrogen-bond acceptors (Lipinski definition) is 5. The van der Waals surface area contributed by atoms with E-state index in [1.807, 2.05) is 0 Å². The Labute approximate surface area is 109 Å². The molecule has 0 atom stereocenters. The van der Waals surface area contributed by atoms with Crippen LogP contribution in [0.4, 0.5) is 0 Å². The molecular weight excluding hydrogens is 272 g/mol. The number of carbonyl (C=O) groups excluding carboxylic acids is 1. The first-order valence-electron chi connectivity index (χ1n) is 5.60. The van der Waals surface area contributed by atoms with E-state index < -0.39 is 27.3 Å². The number of aromatic nitrogens is 1. The minimum absolute atomic E-state index is 0.145. The van der Waals surface area contributed by atoms with E-state index in [4.69, 9.17) is 5.11 Å². The van der Waals surface area contributed by atoms with Gasteiger partial charge in [0.25, 0.3) is 15.9 Å². The molecule has 2 N–H and O–H groups in total. The smallest absolute Gasteiger partial charge is 0.319 e. The van der Waals surface area contributed by atoms with Crippen LogP contribution in [0, 0.1) is 5.41 Å². The topological polar surface area (TPSA) is 113 Å². The number of amides is 1. The van der Waals surface area contributed by atoms with Crippen molar-refractivity contribution < 1.29 is 23.1 Å². The standard InChI is InChI=1S/C11H12N2O5S/c14-9(11(10(15)16)5-3-6-11)13-19(17,18)8-4-1-2-7-12-8/h1-2,4,7H,3,5-6H2,(H,13,14)(H,15,16). The number of carboxylic acid groups (broad SMARTS) is 1. The van der Waals surface area contributed by atoms with Gasteiger partial charge in [0.15, 0.2) is 5.03 Å². The molecule has 102 valence electrons. The number of rotatable bonds is 4. The normalized spacial score (nSPS) is 17.3. The van der Waals surface area contributed by atoms with E-state index in [0.717, 1.165) is 0 Å². The Balaban J connectivity index is 2.22. The number of hydrogen-bond donors (Lipinski definition) is 2. The van der Waals surface area contributed by atoms with Crippen LogP contribution in [0.5, 0.6) is 0 Å². The van der Waals surface area contributed by atoms with Gasteiger partial charge in [-0.25, -0.2) is 9.71 Å². The minimum atomic E-state index is -4.13. The molecule has 1 aromatic heterocycles. The summed E-state index contributed by atoms with van der Waals surface area (Å²) < 4.78 is 25.5. The first-order chi connectivity index (χ1) is 8.88. The van der Waals surface area contributed by atoms with Crippen molar-refractivity contribution in [3.05, 3.63) is 24.4 Å². The van der Waals surface area contributed by atoms with Crippen LogP contribution in [0.15, 0.2) is 29.4 Å². The van der Waals surface area contributed by atoms with Crippen molar-refractivity contribution in [2.45, 2.75) is 24.3 Å². The van der Waals surface area contributed by atoms with Crippen molar-refractivity contribution in [2.75, 3.05) is 0 Å². The van der Waals surface area contributed by atoms with Crippen LogP contribution < -0.4 is 4.72 Å². The van der Waals surface area contributed by atoms with Crippen molar-refractivity contribution in [2.24, 2.45) is 5.41 Å². The maximum atomic E-state index is 11.9. The molecule has 2 rings (SSSR count). The molecule has 1 fully saturated rings. The second-order valence-electron chi connectivity index (χ2n) is 4.34. The van der Waals surface area contributed by atoms with Crippen LogP contribution in [0.3, 0.4) is 0 Å². The number of carbonyl (C=O) groups is 2. The molecule has 8 heteroatoms. The van der Waals surface area contributed by atoms with E-state index >= 15 is 0 Å². The van der Waals surface area contributed by atoms with E-state index in [2.05, 4.69) is 4.98 Å². The molecule has 1 heterocycles. The first-order valence-corrected chi connectivity index (χ1v) is 7.08. The van der Waals surface area contributed by atoms with Gasteiger partial charge >= 0.3 is 5.97 Å². The third-order valence-electron chi connectivity index (χ3n) is 3.19. The first kappa shape index (κ1) is 13.5. The number of nitrogens with one attached hydrogen (secondary N) is 1. The minimum Gasteiger partial charge on any atom is -0.480 e. The molecule has 1 amide bonds. The van der Waals surface area contributed by atoms with Crippen LogP contribution in [0.25, 0.3) is 0 Å². The van der Waals surface area contributed by atoms with Gasteiger partial charge in [-0.05, 0) is 25.0 Å². The highest BCUT2D eigenvalue weighted by Crippen LogP contribution is 2.41. The lowest BCUT2D eigenvalue weighted by molar-refractivity contribution is -0.161. The summed E-state index contributed by atoms with van der Waals surface area (Å²) in [6.07, 6.45) is 2.15. The number of sulfonamides is 1. The zero-order valence-corrected chi connectivity index (χ0v) is 10.7. The Morgan fingerprint density at radius 3 is 2.42 bits per heavy atom. The molecule has 1 aliphatic rings. The van der Waals surface area contributed by atoms with Crippen molar-refractivity contribution in [1.82, 2.24) is 9.71 Å². The van der Waals surface area contributed by atoms with Crippen molar-refractivity contribution in [3.8, 4) is 0 Å². The summed E-state index contributed by atoms with van der Waals surface area (Å²) in [7, 11) is -4.13. The predicted octanol–water partition coefficient (Wildman–Crippen LogP) is 0.141. The molecule has 1 saturated carbocycles. The molecule has 0 aromatic carbocycles. The van der Waals surface area contributed by atoms with E-state index in [1.54, 1.807) is 4.72 Å². The van der Waals surface area contributed by atoms with Crippen molar-refractivity contribution in [1.29, 1.82) is 0 Å². The van der Waals surface area contributed by atoms with Gasteiger partial charge in [-0.15, -0.1) is 0 Å². The van der Waals surface area contributed by atoms with Crippen molar-refractivity contribution in [3.63, 3.8) is 0 Å². The van der Waals surface area contributed by atoms with Crippen LogP contribution in [0.1, 0.15) is 19.3 Å². The van der Waals surface area contributed by atoms with Crippen LogP contribution in [-0.4, -0.2) is 30.4 Å². The lowest BCUT2D eigenvalue weighted by Crippen LogP contribution is -2.52. The summed E-state index contributed by atoms with van der Waals surface area (Å²) >= 11 is 0. The Hall–Kier alpha value is -1.96. The molecule has 0 unspecified atom stereocenters. The quantitative estimate of drug-likeness (QED) is 0.760. The number of pyridine rings is 1. The van der Waals surface area contributed by atoms with Crippen molar-refractivity contribution >= 4 is 21.9 Å². The summed E-state index contributed by atoms with van der Waals surface area (Å²) in [5.74, 6) is -2.30. The van der Waals surface area contributed by atoms with Crippen LogP contribution in [0.2, 0.25) is 0 Å². The monoisotopic (exact) mass is 284 g/mol. The Morgan fingerprint density at radius 1 is 1.32 bits per heavy atom. The fourth-order valence-electron chi connectivity index (χ4n) is 1.85. The van der Waals surface area contributed by atoms with Gasteiger partial charge in [-0.3, -0.25) is 9.59 Å². The number of carboxylic acids is 1. The van der Waals surface area contributed by atoms with E-state index in [1.165, 1.54) is 24.4 Å². The van der Waals surface area contributed by atoms with Crippen LogP contribution >= 0.6 is 0 Å². The largest absolute Gasteiger partial charge is 0.480 e. The molecule has 1 aromatic rings. The molecule has 0 spiro atoms. The van der Waals surface area contributed by atoms with Gasteiger partial charge in [-0.1, -0.05) is 12.5 Å². The summed E-state index contributed by atoms with van der Waals surface area (Å²) in [5, 5.41) is 8.73. The third kappa shape index (κ3) is 2.30. The molecule has 7 nitrogen and oxygen atoms in total. The molecule has 0 aliphatic heterocycles. The zero-order chi connectivity index (χ0) is 14.1. The van der Waals surface area contributed by atoms with Gasteiger partial charge in [0.05, 0.1) is 0 Å². The highest BCUT2D eigenvalue weighted by atomic mass is 32.2. The summed E-state index contributed by atoms with van der Waals surface area (Å²) in [6.45, 7) is 0. The maximum Gasteiger partial charge on any atom is 0.319 e. The lowest BCUT2D eigenvalue weighted by Gasteiger charge is -2.35. The SMILES string of the molecule is O=C(O)C1(C(=O)NS(=O)(=O)c2ccccn2)CCC1. The molecular formula is C11H12N2O5S. The van der Waals surface area contributed by atoms with Gasteiger partial charge in [0, 0.05) is 6.20 Å². The molecule has 19 heavy (non-hydrogen) atoms. The van der Waals surface area contributed by atoms with Gasteiger partial charge < -0.3 is 5.11 Å². The summed E-state index contributed by atoms with van der Waals surface area (Å²) in [4.78, 5) is 26.6. The average molecular weight is 284 g/mol. The Kier molecular flexibility index (Phi) is 3.27. The van der Waals surface area contributed by atoms with Gasteiger partial charge in [0.1, 0.15) is 5.41 Å². The van der Waals surface area contributed by atoms with E-state index in [0.29, 0.717) is 6.42 Å². The molecule has 0 saturated heterocycles. The molecule has 0 bridgehead atoms. The fraction of sp³-hybridized carbons (Fsp3) is 0.364. The number of nitrogens with zero attached hydrogens (tertiary/aromatic N) is 1. The summed E-state index contributed by atoms with van der Waals surface area (Å²) in [5.41, 5.74) is -1.62. The zero-order valence-electron chi connectivity index (χ0n) is 9.87.